The van der Waals surface area contributed by atoms with Gasteiger partial charge in [0.15, 0.2) is 0 Å². The van der Waals surface area contributed by atoms with Gasteiger partial charge < -0.3 is 29.1 Å². The van der Waals surface area contributed by atoms with Crippen LogP contribution in [0.1, 0.15) is 17.5 Å². The van der Waals surface area contributed by atoms with E-state index in [1.165, 1.54) is 26.4 Å². The molecule has 0 radical (unpaired) electrons. The number of aliphatic hydroxyl groups excluding tert-OH is 1. The Balaban J connectivity index is 1.78. The van der Waals surface area contributed by atoms with Gasteiger partial charge in [0.05, 0.1) is 43.9 Å². The van der Waals surface area contributed by atoms with Crippen LogP contribution in [0, 0.1) is 0 Å². The van der Waals surface area contributed by atoms with Crippen LogP contribution in [0.5, 0.6) is 11.5 Å². The highest BCUT2D eigenvalue weighted by Crippen LogP contribution is 2.39. The first-order chi connectivity index (χ1) is 19.1. The second kappa shape index (κ2) is 11.0. The minimum atomic E-state index is -4.74. The summed E-state index contributed by atoms with van der Waals surface area (Å²) in [5.74, 6) is 0.949. The van der Waals surface area contributed by atoms with E-state index in [1.807, 2.05) is 4.90 Å². The van der Waals surface area contributed by atoms with Gasteiger partial charge in [-0.05, 0) is 43.2 Å². The molecule has 1 aromatic heterocycles. The van der Waals surface area contributed by atoms with Crippen molar-refractivity contribution >= 4 is 11.4 Å². The molecular weight excluding hydrogens is 529 g/mol. The molecule has 3 heterocycles. The van der Waals surface area contributed by atoms with E-state index in [9.17, 15) is 23.1 Å². The molecule has 0 saturated carbocycles. The summed E-state index contributed by atoms with van der Waals surface area (Å²) < 4.78 is 59.9. The minimum Gasteiger partial charge on any atom is -0.497 e. The molecule has 0 spiro atoms. The van der Waals surface area contributed by atoms with Crippen LogP contribution in [0.2, 0.25) is 0 Å². The zero-order valence-electron chi connectivity index (χ0n) is 22.5. The van der Waals surface area contributed by atoms with Crippen LogP contribution in [0.4, 0.5) is 24.5 Å². The van der Waals surface area contributed by atoms with E-state index >= 15 is 0 Å². The van der Waals surface area contributed by atoms with Crippen molar-refractivity contribution in [3.63, 3.8) is 0 Å². The number of anilines is 2. The lowest BCUT2D eigenvalue weighted by molar-refractivity contribution is -0.137. The van der Waals surface area contributed by atoms with E-state index in [4.69, 9.17) is 14.2 Å². The molecule has 1 fully saturated rings. The number of rotatable bonds is 8. The van der Waals surface area contributed by atoms with Crippen molar-refractivity contribution in [2.24, 2.45) is 0 Å². The van der Waals surface area contributed by atoms with Gasteiger partial charge in [-0.3, -0.25) is 4.79 Å². The zero-order valence-corrected chi connectivity index (χ0v) is 22.5. The number of nitrogens with zero attached hydrogens (tertiary/aromatic N) is 4. The predicted octanol–water partition coefficient (Wildman–Crippen LogP) is 3.52. The van der Waals surface area contributed by atoms with Crippen molar-refractivity contribution in [1.29, 1.82) is 0 Å². The molecule has 2 aliphatic rings. The smallest absolute Gasteiger partial charge is 0.418 e. The third-order valence-electron chi connectivity index (χ3n) is 7.35. The van der Waals surface area contributed by atoms with E-state index in [2.05, 4.69) is 5.10 Å². The van der Waals surface area contributed by atoms with Crippen LogP contribution in [-0.4, -0.2) is 75.1 Å². The van der Waals surface area contributed by atoms with Crippen LogP contribution < -0.4 is 24.8 Å². The minimum absolute atomic E-state index is 0.289. The van der Waals surface area contributed by atoms with Crippen molar-refractivity contribution in [2.45, 2.75) is 25.1 Å². The number of alkyl halides is 3. The van der Waals surface area contributed by atoms with Crippen molar-refractivity contribution in [2.75, 3.05) is 63.9 Å². The highest BCUT2D eigenvalue weighted by atomic mass is 19.4. The molecule has 9 nitrogen and oxygen atoms in total. The highest BCUT2D eigenvalue weighted by Gasteiger charge is 2.37. The van der Waals surface area contributed by atoms with E-state index in [1.54, 1.807) is 30.2 Å². The molecule has 2 aromatic carbocycles. The number of hydrogen-bond donors (Lipinski definition) is 1. The summed E-state index contributed by atoms with van der Waals surface area (Å²) in [5, 5.41) is 14.6. The van der Waals surface area contributed by atoms with Crippen LogP contribution in [-0.2, 0) is 17.3 Å². The molecular formula is C28H31F3N4O5. The average Bonchev–Trinajstić information content (AvgIpc) is 3.57. The first-order valence-corrected chi connectivity index (χ1v) is 12.9. The number of halogens is 3. The summed E-state index contributed by atoms with van der Waals surface area (Å²) in [7, 11) is 4.55. The monoisotopic (exact) mass is 560 g/mol. The summed E-state index contributed by atoms with van der Waals surface area (Å²) in [6.45, 7) is 1.99. The third-order valence-corrected chi connectivity index (χ3v) is 7.35. The molecule has 1 N–H and O–H groups in total. The van der Waals surface area contributed by atoms with Gasteiger partial charge in [-0.1, -0.05) is 0 Å². The predicted molar refractivity (Wildman–Crippen MR) is 144 cm³/mol. The van der Waals surface area contributed by atoms with Gasteiger partial charge in [-0.2, -0.15) is 23.0 Å². The van der Waals surface area contributed by atoms with Crippen molar-refractivity contribution in [1.82, 2.24) is 9.78 Å². The molecule has 12 heteroatoms. The first kappa shape index (κ1) is 27.8. The second-order valence-electron chi connectivity index (χ2n) is 9.81. The molecule has 2 aliphatic heterocycles. The van der Waals surface area contributed by atoms with Crippen LogP contribution >= 0.6 is 0 Å². The lowest BCUT2D eigenvalue weighted by atomic mass is 10.0. The average molecular weight is 561 g/mol. The Morgan fingerprint density at radius 1 is 1.05 bits per heavy atom. The fraction of sp³-hybridized carbons (Fsp3) is 0.429. The van der Waals surface area contributed by atoms with E-state index in [-0.39, 0.29) is 12.2 Å². The van der Waals surface area contributed by atoms with Crippen molar-refractivity contribution in [3.8, 4) is 28.4 Å². The van der Waals surface area contributed by atoms with E-state index < -0.39 is 23.4 Å². The molecule has 1 atom stereocenters. The number of β-amino-alcohol motifs (C(OH)–C–C–N with tert-alkyl or cyclic N) is 1. The molecule has 0 bridgehead atoms. The Labute approximate surface area is 229 Å². The number of ether oxygens (including phenoxy) is 3. The van der Waals surface area contributed by atoms with E-state index in [0.717, 1.165) is 10.7 Å². The van der Waals surface area contributed by atoms with Gasteiger partial charge in [0, 0.05) is 56.2 Å². The Kier molecular flexibility index (Phi) is 7.65. The summed E-state index contributed by atoms with van der Waals surface area (Å²) >= 11 is 0. The van der Waals surface area contributed by atoms with Crippen LogP contribution in [0.25, 0.3) is 16.9 Å². The number of methoxy groups -OCH3 is 3. The largest absolute Gasteiger partial charge is 0.497 e. The third kappa shape index (κ3) is 5.20. The molecule has 3 aromatic rings. The zero-order chi connectivity index (χ0) is 28.6. The lowest BCUT2D eigenvalue weighted by Crippen LogP contribution is -2.33. The lowest BCUT2D eigenvalue weighted by Gasteiger charge is -2.23. The maximum absolute atomic E-state index is 14.3. The maximum atomic E-state index is 14.3. The van der Waals surface area contributed by atoms with Gasteiger partial charge in [-0.25, -0.2) is 0 Å². The topological polar surface area (TPSA) is 89.3 Å². The Morgan fingerprint density at radius 2 is 1.77 bits per heavy atom. The fourth-order valence-electron chi connectivity index (χ4n) is 5.34. The van der Waals surface area contributed by atoms with E-state index in [0.29, 0.717) is 78.8 Å². The second-order valence-corrected chi connectivity index (χ2v) is 9.81. The Hall–Kier alpha value is -3.77. The molecule has 214 valence electrons. The van der Waals surface area contributed by atoms with Crippen molar-refractivity contribution in [3.05, 3.63) is 57.9 Å². The first-order valence-electron chi connectivity index (χ1n) is 12.9. The van der Waals surface area contributed by atoms with Crippen LogP contribution in [0.3, 0.4) is 0 Å². The van der Waals surface area contributed by atoms with Gasteiger partial charge >= 0.3 is 6.18 Å². The highest BCUT2D eigenvalue weighted by molar-refractivity contribution is 5.75. The van der Waals surface area contributed by atoms with Gasteiger partial charge in [0.25, 0.3) is 5.56 Å². The summed E-state index contributed by atoms with van der Waals surface area (Å²) in [5.41, 5.74) is 0.291. The summed E-state index contributed by atoms with van der Waals surface area (Å²) in [4.78, 5) is 17.6. The normalized spacial score (nSPS) is 16.9. The molecule has 0 aliphatic carbocycles. The standard InChI is InChI=1S/C28H31F3N4O5/c1-38-11-10-33-9-7-22-25(17-12-20(39-2)15-21(13-17)40-3)32-35(27(37)26(22)33)24-14-18(34-8-6-19(36)16-34)4-5-23(24)28(29,30)31/h4-5,12-15,19,36H,6-11,16H2,1-3H3. The fourth-order valence-corrected chi connectivity index (χ4v) is 5.34. The quantitative estimate of drug-likeness (QED) is 0.448. The maximum Gasteiger partial charge on any atom is 0.418 e. The van der Waals surface area contributed by atoms with Gasteiger partial charge in [0.2, 0.25) is 0 Å². The van der Waals surface area contributed by atoms with Crippen molar-refractivity contribution < 1.29 is 32.5 Å². The SMILES string of the molecule is COCCN1CCc2c(-c3cc(OC)cc(OC)c3)nn(-c3cc(N4CCC(O)C4)ccc3C(F)(F)F)c(=O)c21. The number of aliphatic hydroxyl groups is 1. The number of hydrogen-bond acceptors (Lipinski definition) is 8. The number of fused-ring (bicyclic) bond motifs is 1. The molecule has 1 unspecified atom stereocenters. The Morgan fingerprint density at radius 3 is 2.38 bits per heavy atom. The molecule has 0 amide bonds. The van der Waals surface area contributed by atoms with Gasteiger partial charge in [0.1, 0.15) is 17.2 Å². The summed E-state index contributed by atoms with van der Waals surface area (Å²) in [6.07, 6.45) is -4.33. The van der Waals surface area contributed by atoms with Crippen LogP contribution in [0.15, 0.2) is 41.2 Å². The van der Waals surface area contributed by atoms with Gasteiger partial charge in [-0.15, -0.1) is 0 Å². The summed E-state index contributed by atoms with van der Waals surface area (Å²) in [6, 6.07) is 8.76. The Bertz CT molecular complexity index is 1440. The molecule has 5 rings (SSSR count). The molecule has 40 heavy (non-hydrogen) atoms. The number of aromatic nitrogens is 2. The number of benzene rings is 2. The molecule has 1 saturated heterocycles.